The van der Waals surface area contributed by atoms with Crippen molar-refractivity contribution in [3.8, 4) is 27.9 Å². The maximum atomic E-state index is 6.43. The minimum atomic E-state index is -0.548. The Bertz CT molecular complexity index is 4150. The van der Waals surface area contributed by atoms with E-state index in [1.54, 1.807) is 0 Å². The highest BCUT2D eigenvalue weighted by molar-refractivity contribution is 6.13. The fraction of sp³-hybridized carbons (Fsp3) is 0.0159. The van der Waals surface area contributed by atoms with Crippen LogP contribution >= 0.6 is 0 Å². The predicted molar refractivity (Wildman–Crippen MR) is 274 cm³/mol. The summed E-state index contributed by atoms with van der Waals surface area (Å²) in [6.45, 7) is 0. The maximum absolute atomic E-state index is 6.43. The van der Waals surface area contributed by atoms with E-state index in [1.165, 1.54) is 82.3 Å². The van der Waals surface area contributed by atoms with Gasteiger partial charge in [-0.1, -0.05) is 170 Å². The van der Waals surface area contributed by atoms with E-state index in [9.17, 15) is 0 Å². The van der Waals surface area contributed by atoms with E-state index in [-0.39, 0.29) is 0 Å². The number of nitrogens with zero attached hydrogens (tertiary/aromatic N) is 2. The molecule has 11 aromatic carbocycles. The van der Waals surface area contributed by atoms with Crippen LogP contribution in [-0.2, 0) is 5.41 Å². The first-order chi connectivity index (χ1) is 32.7. The summed E-state index contributed by atoms with van der Waals surface area (Å²) in [5.74, 6) is 0. The van der Waals surface area contributed by atoms with Gasteiger partial charge in [-0.2, -0.15) is 0 Å². The molecule has 0 amide bonds. The zero-order chi connectivity index (χ0) is 43.1. The second-order valence-corrected chi connectivity index (χ2v) is 17.9. The van der Waals surface area contributed by atoms with Crippen molar-refractivity contribution < 1.29 is 4.42 Å². The van der Waals surface area contributed by atoms with E-state index < -0.39 is 5.41 Å². The van der Waals surface area contributed by atoms with Crippen molar-refractivity contribution in [2.45, 2.75) is 5.41 Å². The quantitative estimate of drug-likeness (QED) is 0.176. The molecule has 0 saturated heterocycles. The SMILES string of the molecule is c1ccc2c(c1)-c1ccccc1C21c2cc(N(c3ccc4oc5ccccc5c4c3)c3ccc4c5ccccc5n(-c5cccc6ccccc56)c4c3)ccc2-c2cccc3cccc1c23. The Morgan fingerprint density at radius 1 is 0.333 bits per heavy atom. The summed E-state index contributed by atoms with van der Waals surface area (Å²) in [6.07, 6.45) is 0. The van der Waals surface area contributed by atoms with Crippen LogP contribution in [0.15, 0.2) is 235 Å². The Labute approximate surface area is 380 Å². The second kappa shape index (κ2) is 13.2. The van der Waals surface area contributed by atoms with Gasteiger partial charge >= 0.3 is 0 Å². The lowest BCUT2D eigenvalue weighted by Crippen LogP contribution is -2.32. The van der Waals surface area contributed by atoms with Gasteiger partial charge in [-0.25, -0.2) is 0 Å². The molecule has 0 radical (unpaired) electrons. The summed E-state index contributed by atoms with van der Waals surface area (Å²) < 4.78 is 8.90. The molecule has 2 aromatic heterocycles. The molecule has 2 heterocycles. The van der Waals surface area contributed by atoms with Crippen LogP contribution in [0.3, 0.4) is 0 Å². The lowest BCUT2D eigenvalue weighted by Gasteiger charge is -2.40. The summed E-state index contributed by atoms with van der Waals surface area (Å²) in [6, 6.07) is 85.4. The Morgan fingerprint density at radius 2 is 0.894 bits per heavy atom. The molecule has 0 N–H and O–H groups in total. The Kier molecular flexibility index (Phi) is 7.15. The molecule has 306 valence electrons. The van der Waals surface area contributed by atoms with E-state index in [0.29, 0.717) is 0 Å². The van der Waals surface area contributed by atoms with Crippen LogP contribution in [0.25, 0.3) is 93.2 Å². The Morgan fingerprint density at radius 3 is 1.76 bits per heavy atom. The molecule has 1 spiro atoms. The molecule has 2 aliphatic rings. The summed E-state index contributed by atoms with van der Waals surface area (Å²) in [4.78, 5) is 2.47. The van der Waals surface area contributed by atoms with E-state index >= 15 is 0 Å². The van der Waals surface area contributed by atoms with E-state index in [4.69, 9.17) is 4.42 Å². The van der Waals surface area contributed by atoms with Crippen molar-refractivity contribution >= 4 is 82.4 Å². The lowest BCUT2D eigenvalue weighted by atomic mass is 9.61. The van der Waals surface area contributed by atoms with Gasteiger partial charge in [0.15, 0.2) is 0 Å². The van der Waals surface area contributed by atoms with Gasteiger partial charge in [0.1, 0.15) is 11.2 Å². The summed E-state index contributed by atoms with van der Waals surface area (Å²) in [7, 11) is 0. The average Bonchev–Trinajstić information content (AvgIpc) is 4.02. The van der Waals surface area contributed by atoms with Crippen LogP contribution in [0, 0.1) is 0 Å². The molecule has 0 unspecified atom stereocenters. The number of furan rings is 1. The normalized spacial score (nSPS) is 13.3. The van der Waals surface area contributed by atoms with Crippen molar-refractivity contribution in [3.05, 3.63) is 253 Å². The molecule has 2 aliphatic carbocycles. The van der Waals surface area contributed by atoms with Crippen molar-refractivity contribution in [1.29, 1.82) is 0 Å². The first-order valence-corrected chi connectivity index (χ1v) is 22.8. The van der Waals surface area contributed by atoms with Crippen LogP contribution in [0.5, 0.6) is 0 Å². The van der Waals surface area contributed by atoms with Crippen LogP contribution in [0.2, 0.25) is 0 Å². The molecular weight excluding hydrogens is 801 g/mol. The molecule has 0 aliphatic heterocycles. The Balaban J connectivity index is 1.05. The smallest absolute Gasteiger partial charge is 0.135 e. The molecule has 0 saturated carbocycles. The number of rotatable bonds is 4. The van der Waals surface area contributed by atoms with Crippen LogP contribution in [-0.4, -0.2) is 4.57 Å². The third kappa shape index (κ3) is 4.66. The molecule has 3 nitrogen and oxygen atoms in total. The molecule has 13 aromatic rings. The fourth-order valence-corrected chi connectivity index (χ4v) is 12.1. The highest BCUT2D eigenvalue weighted by atomic mass is 16.3. The highest BCUT2D eigenvalue weighted by Gasteiger charge is 2.50. The monoisotopic (exact) mass is 838 g/mol. The predicted octanol–water partition coefficient (Wildman–Crippen LogP) is 16.8. The third-order valence-electron chi connectivity index (χ3n) is 14.8. The van der Waals surface area contributed by atoms with Crippen LogP contribution < -0.4 is 4.90 Å². The van der Waals surface area contributed by atoms with E-state index in [1.807, 2.05) is 6.07 Å². The van der Waals surface area contributed by atoms with E-state index in [0.717, 1.165) is 50.2 Å². The molecule has 0 bridgehead atoms. The van der Waals surface area contributed by atoms with Crippen molar-refractivity contribution in [3.63, 3.8) is 0 Å². The zero-order valence-corrected chi connectivity index (χ0v) is 35.7. The van der Waals surface area contributed by atoms with Crippen molar-refractivity contribution in [1.82, 2.24) is 4.57 Å². The number of aromatic nitrogens is 1. The van der Waals surface area contributed by atoms with Crippen LogP contribution in [0.1, 0.15) is 22.3 Å². The molecular formula is C63H38N2O. The number of para-hydroxylation sites is 2. The summed E-state index contributed by atoms with van der Waals surface area (Å²) in [5, 5.41) is 9.66. The number of anilines is 3. The first kappa shape index (κ1) is 35.8. The van der Waals surface area contributed by atoms with E-state index in [2.05, 4.69) is 234 Å². The van der Waals surface area contributed by atoms with Crippen molar-refractivity contribution in [2.24, 2.45) is 0 Å². The number of benzene rings is 11. The fourth-order valence-electron chi connectivity index (χ4n) is 12.1. The molecule has 66 heavy (non-hydrogen) atoms. The van der Waals surface area contributed by atoms with Gasteiger partial charge in [0, 0.05) is 44.0 Å². The molecule has 3 heteroatoms. The zero-order valence-electron chi connectivity index (χ0n) is 35.7. The van der Waals surface area contributed by atoms with Crippen LogP contribution in [0.4, 0.5) is 17.1 Å². The van der Waals surface area contributed by atoms with Gasteiger partial charge in [0.2, 0.25) is 0 Å². The van der Waals surface area contributed by atoms with Gasteiger partial charge in [-0.3, -0.25) is 0 Å². The summed E-state index contributed by atoms with van der Waals surface area (Å²) >= 11 is 0. The third-order valence-corrected chi connectivity index (χ3v) is 14.8. The molecule has 0 atom stereocenters. The molecule has 15 rings (SSSR count). The summed E-state index contributed by atoms with van der Waals surface area (Å²) in [5.41, 5.74) is 18.3. The number of hydrogen-bond donors (Lipinski definition) is 0. The van der Waals surface area contributed by atoms with Gasteiger partial charge in [-0.05, 0) is 121 Å². The first-order valence-electron chi connectivity index (χ1n) is 22.8. The number of fused-ring (bicyclic) bond motifs is 16. The van der Waals surface area contributed by atoms with Gasteiger partial charge in [0.05, 0.1) is 22.1 Å². The second-order valence-electron chi connectivity index (χ2n) is 17.9. The number of hydrogen-bond acceptors (Lipinski definition) is 2. The van der Waals surface area contributed by atoms with Gasteiger partial charge in [0.25, 0.3) is 0 Å². The average molecular weight is 839 g/mol. The van der Waals surface area contributed by atoms with Gasteiger partial charge in [-0.15, -0.1) is 0 Å². The molecule has 0 fully saturated rings. The topological polar surface area (TPSA) is 21.3 Å². The maximum Gasteiger partial charge on any atom is 0.135 e. The lowest BCUT2D eigenvalue weighted by molar-refractivity contribution is 0.669. The minimum absolute atomic E-state index is 0.548. The largest absolute Gasteiger partial charge is 0.456 e. The minimum Gasteiger partial charge on any atom is -0.456 e. The highest BCUT2D eigenvalue weighted by Crippen LogP contribution is 2.62. The van der Waals surface area contributed by atoms with Gasteiger partial charge < -0.3 is 13.9 Å². The van der Waals surface area contributed by atoms with Crippen molar-refractivity contribution in [2.75, 3.05) is 4.90 Å². The Hall–Kier alpha value is -8.66. The standard InChI is InChI=1S/C63H38N2O/c1-2-18-44-39(14-1)15-13-28-57(44)65-58-27-9-5-21-48(58)49-34-31-43(38-59(49)65)64(41-32-35-61-52(36-41)50-22-6-10-29-60(50)66-61)42-30-33-47-51-23-11-16-40-17-12-26-55(62(40)51)63(56(47)37-42)53-24-7-3-19-45(53)46-20-4-8-25-54(46)63/h1-38H.